The normalized spacial score (nSPS) is 17.2. The predicted octanol–water partition coefficient (Wildman–Crippen LogP) is 2.19. The van der Waals surface area contributed by atoms with Crippen LogP contribution in [0.3, 0.4) is 0 Å². The van der Waals surface area contributed by atoms with Crippen molar-refractivity contribution >= 4 is 10.0 Å². The van der Waals surface area contributed by atoms with Gasteiger partial charge in [-0.1, -0.05) is 12.2 Å². The van der Waals surface area contributed by atoms with E-state index in [-0.39, 0.29) is 0 Å². The molecule has 68 valence electrons. The molecule has 0 saturated heterocycles. The van der Waals surface area contributed by atoms with E-state index in [0.717, 1.165) is 6.42 Å². The Morgan fingerprint density at radius 3 is 2.18 bits per heavy atom. The van der Waals surface area contributed by atoms with Gasteiger partial charge in [0.05, 0.1) is 0 Å². The molecule has 0 aliphatic carbocycles. The molecule has 0 fully saturated rings. The molecule has 0 heterocycles. The summed E-state index contributed by atoms with van der Waals surface area (Å²) in [6, 6.07) is 0. The lowest BCUT2D eigenvalue weighted by atomic mass is 10.4. The van der Waals surface area contributed by atoms with Gasteiger partial charge in [-0.25, -0.2) is 10.0 Å². The molecule has 0 bridgehead atoms. The Morgan fingerprint density at radius 1 is 1.36 bits per heavy atom. The molecular formula is C9H21NS. The van der Waals surface area contributed by atoms with Crippen molar-refractivity contribution in [2.75, 3.05) is 25.8 Å². The lowest BCUT2D eigenvalue weighted by Gasteiger charge is -2.35. The second-order valence-corrected chi connectivity index (χ2v) is 7.95. The van der Waals surface area contributed by atoms with Crippen molar-refractivity contribution in [3.05, 3.63) is 12.2 Å². The second kappa shape index (κ2) is 4.83. The molecule has 2 heteroatoms. The summed E-state index contributed by atoms with van der Waals surface area (Å²) < 4.78 is 0. The zero-order valence-corrected chi connectivity index (χ0v) is 9.16. The number of rotatable bonds is 4. The third kappa shape index (κ3) is 4.49. The minimum Gasteiger partial charge on any atom is -0.309 e. The van der Waals surface area contributed by atoms with Gasteiger partial charge in [0, 0.05) is 5.37 Å². The van der Waals surface area contributed by atoms with Gasteiger partial charge in [0.2, 0.25) is 0 Å². The van der Waals surface area contributed by atoms with Crippen LogP contribution in [0.4, 0.5) is 0 Å². The Hall–Kier alpha value is 0.0500. The second-order valence-electron chi connectivity index (χ2n) is 3.51. The van der Waals surface area contributed by atoms with Crippen molar-refractivity contribution in [2.24, 2.45) is 0 Å². The van der Waals surface area contributed by atoms with Crippen LogP contribution >= 0.6 is 10.0 Å². The summed E-state index contributed by atoms with van der Waals surface area (Å²) in [6.07, 6.45) is 12.5. The van der Waals surface area contributed by atoms with E-state index < -0.39 is 10.0 Å². The molecule has 0 aromatic rings. The van der Waals surface area contributed by atoms with Crippen LogP contribution in [-0.4, -0.2) is 31.2 Å². The lowest BCUT2D eigenvalue weighted by molar-refractivity contribution is 0.743. The first-order chi connectivity index (χ1) is 5.02. The van der Waals surface area contributed by atoms with Crippen LogP contribution in [0.15, 0.2) is 12.2 Å². The molecule has 0 saturated carbocycles. The molecule has 1 atom stereocenters. The number of allylic oxidation sites excluding steroid dienone is 1. The Kier molecular flexibility index (Phi) is 4.86. The van der Waals surface area contributed by atoms with E-state index in [1.54, 1.807) is 0 Å². The van der Waals surface area contributed by atoms with E-state index in [2.05, 4.69) is 43.2 Å². The zero-order chi connectivity index (χ0) is 8.91. The zero-order valence-electron chi connectivity index (χ0n) is 8.35. The van der Waals surface area contributed by atoms with E-state index in [1.807, 2.05) is 7.05 Å². The molecule has 0 aliphatic heterocycles. The van der Waals surface area contributed by atoms with Crippen LogP contribution in [0, 0.1) is 0 Å². The summed E-state index contributed by atoms with van der Waals surface area (Å²) in [5.74, 6) is 0. The van der Waals surface area contributed by atoms with Gasteiger partial charge in [-0.15, -0.1) is 0 Å². The van der Waals surface area contributed by atoms with E-state index in [4.69, 9.17) is 0 Å². The third-order valence-corrected chi connectivity index (χ3v) is 3.90. The van der Waals surface area contributed by atoms with Crippen LogP contribution in [0.25, 0.3) is 0 Å². The highest BCUT2D eigenvalue weighted by Crippen LogP contribution is 2.40. The van der Waals surface area contributed by atoms with Gasteiger partial charge < -0.3 is 5.32 Å². The maximum Gasteiger partial charge on any atom is 0.0403 e. The Bertz CT molecular complexity index is 124. The maximum atomic E-state index is 3.36. The van der Waals surface area contributed by atoms with Gasteiger partial charge in [0.15, 0.2) is 0 Å². The largest absolute Gasteiger partial charge is 0.309 e. The van der Waals surface area contributed by atoms with Gasteiger partial charge in [-0.2, -0.15) is 0 Å². The highest BCUT2D eigenvalue weighted by molar-refractivity contribution is 8.32. The van der Waals surface area contributed by atoms with E-state index in [0.29, 0.717) is 5.37 Å². The molecule has 1 unspecified atom stereocenters. The van der Waals surface area contributed by atoms with Crippen molar-refractivity contribution in [1.82, 2.24) is 5.32 Å². The van der Waals surface area contributed by atoms with Gasteiger partial charge in [-0.3, -0.25) is 0 Å². The third-order valence-electron chi connectivity index (χ3n) is 1.76. The minimum atomic E-state index is -0.450. The highest BCUT2D eigenvalue weighted by atomic mass is 32.3. The molecule has 0 aromatic heterocycles. The van der Waals surface area contributed by atoms with Gasteiger partial charge >= 0.3 is 0 Å². The molecule has 0 spiro atoms. The fourth-order valence-corrected chi connectivity index (χ4v) is 2.42. The van der Waals surface area contributed by atoms with Gasteiger partial charge in [-0.05, 0) is 39.2 Å². The van der Waals surface area contributed by atoms with Crippen LogP contribution in [0.1, 0.15) is 13.3 Å². The molecule has 0 aromatic carbocycles. The molecular weight excluding hydrogens is 154 g/mol. The molecule has 0 rings (SSSR count). The molecule has 1 nitrogen and oxygen atoms in total. The summed E-state index contributed by atoms with van der Waals surface area (Å²) in [7, 11) is 1.60. The molecule has 11 heavy (non-hydrogen) atoms. The van der Waals surface area contributed by atoms with Crippen LogP contribution in [0.5, 0.6) is 0 Å². The van der Waals surface area contributed by atoms with Crippen LogP contribution in [-0.2, 0) is 0 Å². The predicted molar refractivity (Wildman–Crippen MR) is 57.6 cm³/mol. The number of nitrogens with one attached hydrogen (secondary N) is 1. The quantitative estimate of drug-likeness (QED) is 0.646. The van der Waals surface area contributed by atoms with Crippen molar-refractivity contribution in [1.29, 1.82) is 0 Å². The lowest BCUT2D eigenvalue weighted by Crippen LogP contribution is -2.29. The summed E-state index contributed by atoms with van der Waals surface area (Å²) >= 11 is 0. The van der Waals surface area contributed by atoms with E-state index in [9.17, 15) is 0 Å². The van der Waals surface area contributed by atoms with Crippen LogP contribution in [0.2, 0.25) is 0 Å². The topological polar surface area (TPSA) is 12.0 Å². The average molecular weight is 175 g/mol. The summed E-state index contributed by atoms with van der Waals surface area (Å²) in [4.78, 5) is 0. The molecule has 0 radical (unpaired) electrons. The van der Waals surface area contributed by atoms with E-state index in [1.165, 1.54) is 0 Å². The fraction of sp³-hybridized carbons (Fsp3) is 0.778. The molecule has 0 aliphatic rings. The monoisotopic (exact) mass is 175 g/mol. The van der Waals surface area contributed by atoms with Gasteiger partial charge in [0.1, 0.15) is 0 Å². The number of hydrogen-bond donors (Lipinski definition) is 1. The SMILES string of the molecule is C/C=C\CC(NC)S(C)(C)C. The molecule has 1 N–H and O–H groups in total. The maximum absolute atomic E-state index is 3.36. The first-order valence-corrected chi connectivity index (χ1v) is 6.90. The van der Waals surface area contributed by atoms with E-state index >= 15 is 0 Å². The summed E-state index contributed by atoms with van der Waals surface area (Å²) in [5.41, 5.74) is 0. The van der Waals surface area contributed by atoms with Gasteiger partial charge in [0.25, 0.3) is 0 Å². The summed E-state index contributed by atoms with van der Waals surface area (Å²) in [6.45, 7) is 2.07. The molecule has 0 amide bonds. The van der Waals surface area contributed by atoms with Crippen LogP contribution < -0.4 is 5.32 Å². The Balaban J connectivity index is 3.96. The van der Waals surface area contributed by atoms with Crippen molar-refractivity contribution in [2.45, 2.75) is 18.7 Å². The van der Waals surface area contributed by atoms with Crippen molar-refractivity contribution < 1.29 is 0 Å². The standard InChI is InChI=1S/C9H21NS/c1-6-7-8-9(10-2)11(3,4)5/h6-7,9-10H,8H2,1-5H3/b7-6-. The summed E-state index contributed by atoms with van der Waals surface area (Å²) in [5, 5.41) is 4.03. The Labute approximate surface area is 72.6 Å². The first kappa shape index (κ1) is 11.1. The minimum absolute atomic E-state index is 0.450. The van der Waals surface area contributed by atoms with Crippen molar-refractivity contribution in [3.8, 4) is 0 Å². The van der Waals surface area contributed by atoms with Crippen molar-refractivity contribution in [3.63, 3.8) is 0 Å². The number of hydrogen-bond acceptors (Lipinski definition) is 1. The Morgan fingerprint density at radius 2 is 1.91 bits per heavy atom. The first-order valence-electron chi connectivity index (χ1n) is 3.98. The fourth-order valence-electron chi connectivity index (χ4n) is 1.02. The smallest absolute Gasteiger partial charge is 0.0403 e. The highest BCUT2D eigenvalue weighted by Gasteiger charge is 2.15. The average Bonchev–Trinajstić information content (AvgIpc) is 1.87.